The first kappa shape index (κ1) is 35.0. The minimum atomic E-state index is -5.51. The molecule has 19 nitrogen and oxygen atoms in total. The zero-order valence-electron chi connectivity index (χ0n) is 23.7. The number of rotatable bonds is 12. The maximum atomic E-state index is 14.0. The highest BCUT2D eigenvalue weighted by Crippen LogP contribution is 2.63. The smallest absolute Gasteiger partial charge is 0.393 e. The topological polar surface area (TPSA) is 284 Å². The lowest BCUT2D eigenvalue weighted by Gasteiger charge is -2.41. The molecule has 0 bridgehead atoms. The van der Waals surface area contributed by atoms with Crippen LogP contribution in [0.25, 0.3) is 11.2 Å². The van der Waals surface area contributed by atoms with E-state index in [2.05, 4.69) is 23.8 Å². The number of anilines is 1. The number of methoxy groups -OCH3 is 1. The molecule has 0 amide bonds. The third-order valence-corrected chi connectivity index (χ3v) is 11.6. The highest BCUT2D eigenvalue weighted by molar-refractivity contribution is 8.08. The van der Waals surface area contributed by atoms with Crippen LogP contribution in [-0.4, -0.2) is 129 Å². The van der Waals surface area contributed by atoms with Gasteiger partial charge in [0.05, 0.1) is 19.5 Å². The van der Waals surface area contributed by atoms with Gasteiger partial charge in [0.2, 0.25) is 0 Å². The van der Waals surface area contributed by atoms with Crippen molar-refractivity contribution in [2.45, 2.75) is 80.2 Å². The Hall–Kier alpha value is -1.36. The molecular formula is C22H34FN5O14P2S. The number of halogens is 1. The Morgan fingerprint density at radius 3 is 2.51 bits per heavy atom. The van der Waals surface area contributed by atoms with Crippen molar-refractivity contribution >= 4 is 43.3 Å². The van der Waals surface area contributed by atoms with Crippen LogP contribution in [0.5, 0.6) is 0 Å². The van der Waals surface area contributed by atoms with Gasteiger partial charge in [-0.25, -0.2) is 28.2 Å². The number of aliphatic hydroxyl groups excluding tert-OH is 5. The van der Waals surface area contributed by atoms with E-state index in [9.17, 15) is 39.2 Å². The molecular weight excluding hydrogens is 671 g/mol. The van der Waals surface area contributed by atoms with Crippen molar-refractivity contribution in [2.75, 3.05) is 26.1 Å². The number of ether oxygens (including phenoxy) is 3. The lowest BCUT2D eigenvalue weighted by molar-refractivity contribution is -0.287. The zero-order chi connectivity index (χ0) is 33.1. The van der Waals surface area contributed by atoms with Crippen LogP contribution in [0.4, 0.5) is 10.2 Å². The lowest BCUT2D eigenvalue weighted by Crippen LogP contribution is -2.60. The second-order valence-corrected chi connectivity index (χ2v) is 15.5. The van der Waals surface area contributed by atoms with Crippen LogP contribution in [0.1, 0.15) is 26.0 Å². The average molecular weight is 706 g/mol. The van der Waals surface area contributed by atoms with Crippen LogP contribution in [0, 0.1) is 5.92 Å². The molecule has 3 fully saturated rings. The minimum absolute atomic E-state index is 0.108. The third kappa shape index (κ3) is 6.43. The molecule has 23 heteroatoms. The van der Waals surface area contributed by atoms with Crippen molar-refractivity contribution in [3.05, 3.63) is 12.7 Å². The van der Waals surface area contributed by atoms with E-state index in [-0.39, 0.29) is 22.9 Å². The molecule has 9 N–H and O–H groups in total. The number of imidazole rings is 1. The van der Waals surface area contributed by atoms with Crippen LogP contribution in [0.2, 0.25) is 0 Å². The van der Waals surface area contributed by atoms with Gasteiger partial charge in [0.1, 0.15) is 53.6 Å². The molecule has 0 radical (unpaired) electrons. The molecule has 12 atom stereocenters. The number of phosphoric ester groups is 1. The van der Waals surface area contributed by atoms with E-state index in [0.29, 0.717) is 12.8 Å². The summed E-state index contributed by atoms with van der Waals surface area (Å²) in [6, 6.07) is 0. The molecule has 0 spiro atoms. The van der Waals surface area contributed by atoms with Gasteiger partial charge in [0.15, 0.2) is 30.2 Å². The molecule has 2 aromatic rings. The molecule has 2 aromatic heterocycles. The molecule has 5 rings (SSSR count). The van der Waals surface area contributed by atoms with Gasteiger partial charge >= 0.3 is 14.5 Å². The van der Waals surface area contributed by atoms with Crippen LogP contribution in [-0.2, 0) is 43.9 Å². The van der Waals surface area contributed by atoms with Crippen LogP contribution < -0.4 is 5.73 Å². The van der Waals surface area contributed by atoms with Gasteiger partial charge < -0.3 is 59.8 Å². The molecule has 3 aliphatic rings. The van der Waals surface area contributed by atoms with Gasteiger partial charge in [-0.15, -0.1) is 0 Å². The van der Waals surface area contributed by atoms with Crippen LogP contribution >= 0.6 is 14.5 Å². The molecule has 2 aliphatic heterocycles. The second-order valence-electron chi connectivity index (χ2n) is 11.1. The second kappa shape index (κ2) is 12.6. The Morgan fingerprint density at radius 2 is 1.89 bits per heavy atom. The predicted molar refractivity (Wildman–Crippen MR) is 150 cm³/mol. The summed E-state index contributed by atoms with van der Waals surface area (Å²) in [5, 5.41) is 50.8. The summed E-state index contributed by atoms with van der Waals surface area (Å²) >= 11 is 4.88. The normalized spacial score (nSPS) is 39.0. The number of fused-ring (bicyclic) bond motifs is 1. The van der Waals surface area contributed by atoms with Crippen molar-refractivity contribution < 1.29 is 71.8 Å². The highest BCUT2D eigenvalue weighted by Gasteiger charge is 2.69. The van der Waals surface area contributed by atoms with Gasteiger partial charge in [-0.05, 0) is 37.5 Å². The van der Waals surface area contributed by atoms with E-state index in [1.54, 1.807) is 0 Å². The Morgan fingerprint density at radius 1 is 1.20 bits per heavy atom. The molecule has 4 heterocycles. The summed E-state index contributed by atoms with van der Waals surface area (Å²) in [5.41, 5.74) is 3.42. The first-order valence-corrected chi connectivity index (χ1v) is 17.6. The number of hydrogen-bond donors (Lipinski definition) is 8. The highest BCUT2D eigenvalue weighted by atomic mass is 32.5. The number of alkyl halides is 1. The summed E-state index contributed by atoms with van der Waals surface area (Å²) < 4.78 is 60.1. The van der Waals surface area contributed by atoms with Crippen molar-refractivity contribution in [3.63, 3.8) is 0 Å². The fraction of sp³-hybridized carbons (Fsp3) is 0.773. The van der Waals surface area contributed by atoms with E-state index in [0.717, 1.165) is 0 Å². The van der Waals surface area contributed by atoms with Crippen molar-refractivity contribution in [1.82, 2.24) is 19.5 Å². The van der Waals surface area contributed by atoms with E-state index in [4.69, 9.17) is 41.4 Å². The van der Waals surface area contributed by atoms with Crippen molar-refractivity contribution in [1.29, 1.82) is 0 Å². The maximum Gasteiger partial charge on any atom is 0.481 e. The molecule has 0 aromatic carbocycles. The number of hydrogen-bond acceptors (Lipinski definition) is 17. The number of nitrogens with two attached hydrogens (primary N) is 1. The quantitative estimate of drug-likeness (QED) is 0.115. The first-order valence-electron chi connectivity index (χ1n) is 13.5. The largest absolute Gasteiger partial charge is 0.481 e. The number of nitrogen functional groups attached to an aromatic ring is 1. The number of phosphoric acid groups is 1. The van der Waals surface area contributed by atoms with Gasteiger partial charge in [-0.3, -0.25) is 9.09 Å². The first-order chi connectivity index (χ1) is 21.0. The average Bonchev–Trinajstić information content (AvgIpc) is 3.69. The number of aromatic nitrogens is 4. The summed E-state index contributed by atoms with van der Waals surface area (Å²) in [6.45, 7) is -5.18. The van der Waals surface area contributed by atoms with E-state index < -0.39 is 88.2 Å². The van der Waals surface area contributed by atoms with Crippen molar-refractivity contribution in [3.8, 4) is 0 Å². The molecule has 254 valence electrons. The zero-order valence-corrected chi connectivity index (χ0v) is 26.3. The maximum absolute atomic E-state index is 14.0. The molecule has 45 heavy (non-hydrogen) atoms. The third-order valence-electron chi connectivity index (χ3n) is 8.08. The van der Waals surface area contributed by atoms with Crippen molar-refractivity contribution in [2.24, 2.45) is 5.92 Å². The Kier molecular flexibility index (Phi) is 9.78. The summed E-state index contributed by atoms with van der Waals surface area (Å²) in [5.74, 6) is -0.0771. The van der Waals surface area contributed by atoms with E-state index in [1.165, 1.54) is 31.3 Å². The summed E-state index contributed by atoms with van der Waals surface area (Å²) in [7, 11) is -4.12. The Balaban J connectivity index is 1.32. The molecule has 7 unspecified atom stereocenters. The Bertz CT molecular complexity index is 1490. The monoisotopic (exact) mass is 705 g/mol. The molecule has 1 aliphatic carbocycles. The van der Waals surface area contributed by atoms with Crippen LogP contribution in [0.3, 0.4) is 0 Å². The minimum Gasteiger partial charge on any atom is -0.393 e. The Labute approximate surface area is 259 Å². The number of aliphatic hydroxyl groups is 5. The van der Waals surface area contributed by atoms with Crippen LogP contribution in [0.15, 0.2) is 12.7 Å². The van der Waals surface area contributed by atoms with Gasteiger partial charge in [0.25, 0.3) is 0 Å². The fourth-order valence-corrected chi connectivity index (χ4v) is 8.83. The number of nitrogens with zero attached hydrogens (tertiary/aromatic N) is 4. The van der Waals surface area contributed by atoms with Gasteiger partial charge in [0, 0.05) is 7.11 Å². The standard InChI is InChI=1S/C22H34FN5O14P2S/c1-21(6-38-44(36,45)42-43(34,35)41-18-14(32)12(30)13(31)15(39-18)10(23)5-29)19(33)22(37-2,9-3-4-9)20(40-21)28-8-27-11-16(24)25-7-26-17(11)28/h7-10,12-15,18-20,29-33H,3-6H2,1-2H3,(H,34,35)(H,36,45)(H2,24,25,26)/t10-,12?,13?,14?,15?,18?,19+,20+,21+,22+,44?/m0/s1. The van der Waals surface area contributed by atoms with E-state index in [1.807, 2.05) is 0 Å². The predicted octanol–water partition coefficient (Wildman–Crippen LogP) is -1.64. The SMILES string of the molecule is CO[C@@]1(C2CC2)[C@H](n2cnc3c(N)ncnc32)O[C@](C)(COP(O)(=S)OP(=O)(O)OC2OC([C@@H](F)CO)C(O)C(O)C2O)[C@H]1O. The summed E-state index contributed by atoms with van der Waals surface area (Å²) in [4.78, 5) is 33.4. The van der Waals surface area contributed by atoms with E-state index >= 15 is 0 Å². The lowest BCUT2D eigenvalue weighted by atomic mass is 9.83. The van der Waals surface area contributed by atoms with Gasteiger partial charge in [-0.1, -0.05) is 0 Å². The molecule has 2 saturated heterocycles. The summed E-state index contributed by atoms with van der Waals surface area (Å²) in [6.07, 6.45) is -11.4. The molecule has 1 saturated carbocycles. The fourth-order valence-electron chi connectivity index (χ4n) is 5.67. The van der Waals surface area contributed by atoms with Gasteiger partial charge in [-0.2, -0.15) is 0 Å².